The lowest BCUT2D eigenvalue weighted by molar-refractivity contribution is 0.265. The molecule has 1 rings (SSSR count). The van der Waals surface area contributed by atoms with E-state index < -0.39 is 0 Å². The van der Waals surface area contributed by atoms with E-state index in [0.717, 1.165) is 0 Å². The van der Waals surface area contributed by atoms with Crippen molar-refractivity contribution in [2.45, 2.75) is 272 Å². The molecule has 0 saturated carbocycles. The van der Waals surface area contributed by atoms with Gasteiger partial charge in [-0.25, -0.2) is 0 Å². The van der Waals surface area contributed by atoms with Crippen molar-refractivity contribution in [3.63, 3.8) is 0 Å². The largest absolute Gasteiger partial charge is 0.0704 e. The van der Waals surface area contributed by atoms with Crippen LogP contribution in [-0.2, 0) is 0 Å². The first-order chi connectivity index (χ1) is 22.2. The van der Waals surface area contributed by atoms with E-state index in [4.69, 9.17) is 0 Å². The van der Waals surface area contributed by atoms with E-state index >= 15 is 0 Å². The van der Waals surface area contributed by atoms with Crippen LogP contribution in [0.3, 0.4) is 0 Å². The minimum atomic E-state index is 0.584. The van der Waals surface area contributed by atoms with Crippen LogP contribution < -0.4 is 0 Å². The smallest absolute Gasteiger partial charge is 0.00824 e. The molecule has 0 radical (unpaired) electrons. The molecule has 0 nitrogen and oxygen atoms in total. The number of unbranched alkanes of at least 4 members (excludes halogenated alkanes) is 28. The first kappa shape index (κ1) is 42.8. The van der Waals surface area contributed by atoms with Crippen molar-refractivity contribution in [2.75, 3.05) is 0 Å². The Morgan fingerprint density at radius 2 is 0.622 bits per heavy atom. The Morgan fingerprint density at radius 3 is 0.978 bits per heavy atom. The molecule has 0 aromatic heterocycles. The van der Waals surface area contributed by atoms with E-state index in [1.54, 1.807) is 0 Å². The van der Waals surface area contributed by atoms with Crippen LogP contribution in [0.25, 0.3) is 0 Å². The fourth-order valence-electron chi connectivity index (χ4n) is 8.56. The maximum absolute atomic E-state index is 2.34. The van der Waals surface area contributed by atoms with Gasteiger partial charge in [-0.3, -0.25) is 0 Å². The third kappa shape index (κ3) is 22.9. The minimum absolute atomic E-state index is 0.584. The molecule has 1 aliphatic rings. The van der Waals surface area contributed by atoms with E-state index in [2.05, 4.69) is 27.7 Å². The summed E-state index contributed by atoms with van der Waals surface area (Å²) in [6, 6.07) is 0. The minimum Gasteiger partial charge on any atom is -0.0704 e. The van der Waals surface area contributed by atoms with Gasteiger partial charge in [0.25, 0.3) is 0 Å². The SMILES string of the molecule is CCCCCCCCCCC1=C(CCCCCCCCCC)C(CCCCCCCCCC)(CCCCCCCCCC)CC1. The number of hydrogen-bond donors (Lipinski definition) is 0. The lowest BCUT2D eigenvalue weighted by atomic mass is 9.71. The molecule has 0 saturated heterocycles. The Bertz CT molecular complexity index is 606. The van der Waals surface area contributed by atoms with Crippen molar-refractivity contribution in [3.05, 3.63) is 11.1 Å². The molecule has 0 bridgehead atoms. The second-order valence-corrected chi connectivity index (χ2v) is 15.8. The zero-order valence-electron chi connectivity index (χ0n) is 32.4. The van der Waals surface area contributed by atoms with Crippen LogP contribution in [0, 0.1) is 5.41 Å². The van der Waals surface area contributed by atoms with Gasteiger partial charge in [0.1, 0.15) is 0 Å². The van der Waals surface area contributed by atoms with Crippen LogP contribution in [0.4, 0.5) is 0 Å². The van der Waals surface area contributed by atoms with Crippen molar-refractivity contribution in [1.29, 1.82) is 0 Å². The molecule has 45 heavy (non-hydrogen) atoms. The zero-order valence-corrected chi connectivity index (χ0v) is 32.4. The van der Waals surface area contributed by atoms with Gasteiger partial charge < -0.3 is 0 Å². The fraction of sp³-hybridized carbons (Fsp3) is 0.956. The Balaban J connectivity index is 2.78. The highest BCUT2D eigenvalue weighted by molar-refractivity contribution is 5.29. The standard InChI is InChI=1S/C45H88/c1-5-9-13-17-21-25-29-33-37-43-39-42-45(40-35-31-27-23-19-15-11-7-3,41-36-32-28-24-20-16-12-8-4)44(43)38-34-30-26-22-18-14-10-6-2/h5-42H2,1-4H3. The number of hydrogen-bond acceptors (Lipinski definition) is 0. The van der Waals surface area contributed by atoms with Crippen LogP contribution in [0.1, 0.15) is 272 Å². The van der Waals surface area contributed by atoms with E-state index in [9.17, 15) is 0 Å². The van der Waals surface area contributed by atoms with Crippen LogP contribution in [0.15, 0.2) is 11.1 Å². The molecule has 1 aliphatic carbocycles. The van der Waals surface area contributed by atoms with Crippen molar-refractivity contribution in [2.24, 2.45) is 5.41 Å². The Kier molecular flexibility index (Phi) is 30.7. The average molecular weight is 629 g/mol. The summed E-state index contributed by atoms with van der Waals surface area (Å²) >= 11 is 0. The average Bonchev–Trinajstić information content (AvgIpc) is 3.39. The van der Waals surface area contributed by atoms with Crippen molar-refractivity contribution < 1.29 is 0 Å². The van der Waals surface area contributed by atoms with Gasteiger partial charge in [-0.1, -0.05) is 231 Å². The Hall–Kier alpha value is -0.260. The summed E-state index contributed by atoms with van der Waals surface area (Å²) in [5.74, 6) is 0. The molecular weight excluding hydrogens is 540 g/mol. The van der Waals surface area contributed by atoms with E-state index in [1.165, 1.54) is 244 Å². The lowest BCUT2D eigenvalue weighted by Gasteiger charge is -2.34. The number of allylic oxidation sites excluding steroid dienone is 2. The molecule has 0 heteroatoms. The van der Waals surface area contributed by atoms with Crippen molar-refractivity contribution >= 4 is 0 Å². The monoisotopic (exact) mass is 629 g/mol. The predicted octanol–water partition coefficient (Wildman–Crippen LogP) is 17.2. The summed E-state index contributed by atoms with van der Waals surface area (Å²) < 4.78 is 0. The Labute approximate surface area is 287 Å². The van der Waals surface area contributed by atoms with Crippen LogP contribution in [-0.4, -0.2) is 0 Å². The molecule has 0 amide bonds. The van der Waals surface area contributed by atoms with Crippen LogP contribution in [0.5, 0.6) is 0 Å². The Morgan fingerprint density at radius 1 is 0.333 bits per heavy atom. The van der Waals surface area contributed by atoms with Crippen LogP contribution >= 0.6 is 0 Å². The summed E-state index contributed by atoms with van der Waals surface area (Å²) in [4.78, 5) is 0. The predicted molar refractivity (Wildman–Crippen MR) is 208 cm³/mol. The van der Waals surface area contributed by atoms with Gasteiger partial charge in [-0.05, 0) is 56.8 Å². The molecule has 0 fully saturated rings. The van der Waals surface area contributed by atoms with Gasteiger partial charge in [0.15, 0.2) is 0 Å². The second kappa shape index (κ2) is 32.3. The molecule has 0 unspecified atom stereocenters. The summed E-state index contributed by atoms with van der Waals surface area (Å²) in [5.41, 5.74) is 4.60. The molecule has 0 atom stereocenters. The van der Waals surface area contributed by atoms with E-state index in [-0.39, 0.29) is 0 Å². The summed E-state index contributed by atoms with van der Waals surface area (Å²) in [6.07, 6.45) is 55.6. The summed E-state index contributed by atoms with van der Waals surface area (Å²) in [6.45, 7) is 9.36. The molecule has 0 aromatic rings. The van der Waals surface area contributed by atoms with Gasteiger partial charge in [0.2, 0.25) is 0 Å². The highest BCUT2D eigenvalue weighted by Gasteiger charge is 2.38. The molecule has 0 N–H and O–H groups in total. The molecule has 0 aliphatic heterocycles. The first-order valence-electron chi connectivity index (χ1n) is 21.9. The maximum Gasteiger partial charge on any atom is -0.00824 e. The molecule has 0 spiro atoms. The van der Waals surface area contributed by atoms with Gasteiger partial charge in [0, 0.05) is 0 Å². The van der Waals surface area contributed by atoms with Crippen LogP contribution in [0.2, 0.25) is 0 Å². The van der Waals surface area contributed by atoms with Gasteiger partial charge >= 0.3 is 0 Å². The van der Waals surface area contributed by atoms with E-state index in [0.29, 0.717) is 5.41 Å². The quantitative estimate of drug-likeness (QED) is 0.0478. The first-order valence-corrected chi connectivity index (χ1v) is 21.9. The third-order valence-electron chi connectivity index (χ3n) is 11.6. The highest BCUT2D eigenvalue weighted by Crippen LogP contribution is 2.53. The normalized spacial score (nSPS) is 14.7. The lowest BCUT2D eigenvalue weighted by Crippen LogP contribution is -2.21. The zero-order chi connectivity index (χ0) is 32.5. The third-order valence-corrected chi connectivity index (χ3v) is 11.6. The van der Waals surface area contributed by atoms with Gasteiger partial charge in [-0.2, -0.15) is 0 Å². The number of rotatable bonds is 36. The van der Waals surface area contributed by atoms with E-state index in [1.807, 2.05) is 11.1 Å². The summed E-state index contributed by atoms with van der Waals surface area (Å²) in [7, 11) is 0. The fourth-order valence-corrected chi connectivity index (χ4v) is 8.56. The van der Waals surface area contributed by atoms with Crippen molar-refractivity contribution in [3.8, 4) is 0 Å². The maximum atomic E-state index is 2.34. The topological polar surface area (TPSA) is 0 Å². The van der Waals surface area contributed by atoms with Crippen molar-refractivity contribution in [1.82, 2.24) is 0 Å². The molecule has 268 valence electrons. The van der Waals surface area contributed by atoms with Gasteiger partial charge in [-0.15, -0.1) is 0 Å². The molecular formula is C45H88. The second-order valence-electron chi connectivity index (χ2n) is 15.8. The highest BCUT2D eigenvalue weighted by atomic mass is 14.4. The molecule has 0 heterocycles. The van der Waals surface area contributed by atoms with Gasteiger partial charge in [0.05, 0.1) is 0 Å². The molecule has 0 aromatic carbocycles. The summed E-state index contributed by atoms with van der Waals surface area (Å²) in [5, 5.41) is 0.